The fourth-order valence-corrected chi connectivity index (χ4v) is 2.68. The average molecular weight is 360 g/mol. The van der Waals surface area contributed by atoms with E-state index in [0.717, 1.165) is 4.68 Å². The Balaban J connectivity index is 1.93. The molecule has 0 saturated heterocycles. The number of carbonyl (C=O) groups excluding carboxylic acids is 1. The molecule has 25 heavy (non-hydrogen) atoms. The topological polar surface area (TPSA) is 64.0 Å². The number of halogens is 2. The molecule has 2 aromatic carbocycles. The lowest BCUT2D eigenvalue weighted by atomic mass is 10.1. The molecule has 1 heterocycles. The second-order valence-corrected chi connectivity index (χ2v) is 5.96. The van der Waals surface area contributed by atoms with E-state index in [2.05, 4.69) is 10.4 Å². The van der Waals surface area contributed by atoms with E-state index in [1.54, 1.807) is 18.2 Å². The summed E-state index contributed by atoms with van der Waals surface area (Å²) in [5.41, 5.74) is 3.33. The van der Waals surface area contributed by atoms with Crippen LogP contribution in [-0.4, -0.2) is 15.6 Å². The molecule has 0 aliphatic carbocycles. The Morgan fingerprint density at radius 1 is 1.24 bits per heavy atom. The van der Waals surface area contributed by atoms with E-state index in [4.69, 9.17) is 11.6 Å². The second kappa shape index (κ2) is 7.03. The van der Waals surface area contributed by atoms with Crippen LogP contribution < -0.4 is 11.0 Å². The predicted molar refractivity (Wildman–Crippen MR) is 94.9 cm³/mol. The number of fused-ring (bicyclic) bond motifs is 1. The Morgan fingerprint density at radius 2 is 1.96 bits per heavy atom. The van der Waals surface area contributed by atoms with Gasteiger partial charge in [-0.2, -0.15) is 0 Å². The van der Waals surface area contributed by atoms with E-state index in [9.17, 15) is 14.0 Å². The molecule has 1 aromatic heterocycles. The molecule has 0 unspecified atom stereocenters. The summed E-state index contributed by atoms with van der Waals surface area (Å²) in [5, 5.41) is 0.850. The van der Waals surface area contributed by atoms with Crippen molar-refractivity contribution in [1.82, 2.24) is 9.66 Å². The molecule has 0 saturated carbocycles. The van der Waals surface area contributed by atoms with Gasteiger partial charge in [-0.15, -0.1) is 0 Å². The third-order valence-electron chi connectivity index (χ3n) is 3.73. The van der Waals surface area contributed by atoms with Gasteiger partial charge in [0.1, 0.15) is 11.6 Å². The van der Waals surface area contributed by atoms with Crippen molar-refractivity contribution in [2.75, 3.05) is 5.43 Å². The van der Waals surface area contributed by atoms with Gasteiger partial charge < -0.3 is 0 Å². The number of hydrogen-bond donors (Lipinski definition) is 1. The zero-order valence-corrected chi connectivity index (χ0v) is 14.2. The van der Waals surface area contributed by atoms with E-state index < -0.39 is 5.91 Å². The predicted octanol–water partition coefficient (Wildman–Crippen LogP) is 3.06. The van der Waals surface area contributed by atoms with Gasteiger partial charge in [0.05, 0.1) is 17.3 Å². The van der Waals surface area contributed by atoms with Crippen LogP contribution in [0, 0.1) is 5.82 Å². The standard InChI is InChI=1S/C18H15ClFN3O2/c1-2-16-21-15-10-12(19)5-8-14(15)18(25)23(16)22-17(24)9-11-3-6-13(20)7-4-11/h3-8,10H,2,9H2,1H3,(H,22,24). The lowest BCUT2D eigenvalue weighted by molar-refractivity contribution is -0.116. The van der Waals surface area contributed by atoms with Crippen molar-refractivity contribution < 1.29 is 9.18 Å². The maximum Gasteiger partial charge on any atom is 0.280 e. The highest BCUT2D eigenvalue weighted by Gasteiger charge is 2.13. The van der Waals surface area contributed by atoms with Crippen molar-refractivity contribution in [3.8, 4) is 0 Å². The molecule has 3 rings (SSSR count). The van der Waals surface area contributed by atoms with Crippen molar-refractivity contribution in [2.45, 2.75) is 19.8 Å². The molecule has 128 valence electrons. The largest absolute Gasteiger partial charge is 0.280 e. The maximum absolute atomic E-state index is 12.9. The highest BCUT2D eigenvalue weighted by Crippen LogP contribution is 2.15. The van der Waals surface area contributed by atoms with Gasteiger partial charge in [0.2, 0.25) is 5.91 Å². The highest BCUT2D eigenvalue weighted by atomic mass is 35.5. The van der Waals surface area contributed by atoms with Crippen molar-refractivity contribution >= 4 is 28.4 Å². The molecular weight excluding hydrogens is 345 g/mol. The third-order valence-corrected chi connectivity index (χ3v) is 3.97. The fraction of sp³-hybridized carbons (Fsp3) is 0.167. The Kier molecular flexibility index (Phi) is 4.81. The molecule has 0 bridgehead atoms. The summed E-state index contributed by atoms with van der Waals surface area (Å²) in [4.78, 5) is 29.3. The summed E-state index contributed by atoms with van der Waals surface area (Å²) in [7, 11) is 0. The molecule has 1 N–H and O–H groups in total. The minimum atomic E-state index is -0.390. The minimum Gasteiger partial charge on any atom is -0.273 e. The summed E-state index contributed by atoms with van der Waals surface area (Å²) < 4.78 is 14.1. The van der Waals surface area contributed by atoms with Crippen LogP contribution in [0.4, 0.5) is 4.39 Å². The van der Waals surface area contributed by atoms with Gasteiger partial charge in [-0.3, -0.25) is 15.0 Å². The number of carbonyl (C=O) groups is 1. The molecule has 3 aromatic rings. The Hall–Kier alpha value is -2.73. The van der Waals surface area contributed by atoms with E-state index in [1.807, 2.05) is 6.92 Å². The first-order chi connectivity index (χ1) is 12.0. The Morgan fingerprint density at radius 3 is 2.64 bits per heavy atom. The maximum atomic E-state index is 12.9. The first-order valence-electron chi connectivity index (χ1n) is 7.73. The first-order valence-corrected chi connectivity index (χ1v) is 8.11. The van der Waals surface area contributed by atoms with Crippen LogP contribution in [0.25, 0.3) is 10.9 Å². The lowest BCUT2D eigenvalue weighted by Crippen LogP contribution is -2.37. The average Bonchev–Trinajstić information content (AvgIpc) is 2.59. The van der Waals surface area contributed by atoms with Gasteiger partial charge in [0.25, 0.3) is 5.56 Å². The quantitative estimate of drug-likeness (QED) is 0.778. The van der Waals surface area contributed by atoms with Crippen LogP contribution in [0.1, 0.15) is 18.3 Å². The van der Waals surface area contributed by atoms with E-state index >= 15 is 0 Å². The van der Waals surface area contributed by atoms with Gasteiger partial charge in [-0.25, -0.2) is 14.1 Å². The Labute approximate surface area is 148 Å². The van der Waals surface area contributed by atoms with E-state index in [0.29, 0.717) is 33.7 Å². The zero-order chi connectivity index (χ0) is 18.0. The van der Waals surface area contributed by atoms with Crippen molar-refractivity contribution in [3.63, 3.8) is 0 Å². The molecule has 0 atom stereocenters. The highest BCUT2D eigenvalue weighted by molar-refractivity contribution is 6.31. The van der Waals surface area contributed by atoms with Crippen molar-refractivity contribution in [3.05, 3.63) is 75.0 Å². The summed E-state index contributed by atoms with van der Waals surface area (Å²) in [6, 6.07) is 10.4. The molecular formula is C18H15ClFN3O2. The smallest absolute Gasteiger partial charge is 0.273 e. The third kappa shape index (κ3) is 3.69. The van der Waals surface area contributed by atoms with E-state index in [-0.39, 0.29) is 17.8 Å². The molecule has 0 radical (unpaired) electrons. The van der Waals surface area contributed by atoms with Crippen LogP contribution >= 0.6 is 11.6 Å². The normalized spacial score (nSPS) is 10.8. The number of aryl methyl sites for hydroxylation is 1. The van der Waals surface area contributed by atoms with Crippen LogP contribution in [0.5, 0.6) is 0 Å². The van der Waals surface area contributed by atoms with Gasteiger partial charge in [-0.05, 0) is 35.9 Å². The summed E-state index contributed by atoms with van der Waals surface area (Å²) in [6.07, 6.45) is 0.475. The minimum absolute atomic E-state index is 0.0224. The zero-order valence-electron chi connectivity index (χ0n) is 13.4. The molecule has 0 aliphatic heterocycles. The van der Waals surface area contributed by atoms with Gasteiger partial charge in [0.15, 0.2) is 0 Å². The lowest BCUT2D eigenvalue weighted by Gasteiger charge is -2.13. The number of nitrogens with zero attached hydrogens (tertiary/aromatic N) is 2. The molecule has 7 heteroatoms. The summed E-state index contributed by atoms with van der Waals surface area (Å²) in [5.74, 6) is -0.336. The number of amides is 1. The summed E-state index contributed by atoms with van der Waals surface area (Å²) >= 11 is 5.95. The molecule has 0 spiro atoms. The molecule has 0 fully saturated rings. The van der Waals surface area contributed by atoms with Crippen LogP contribution in [0.15, 0.2) is 47.3 Å². The fourth-order valence-electron chi connectivity index (χ4n) is 2.51. The summed E-state index contributed by atoms with van der Waals surface area (Å²) in [6.45, 7) is 1.83. The van der Waals surface area contributed by atoms with Crippen LogP contribution in [0.3, 0.4) is 0 Å². The van der Waals surface area contributed by atoms with Gasteiger partial charge in [-0.1, -0.05) is 30.7 Å². The van der Waals surface area contributed by atoms with Gasteiger partial charge >= 0.3 is 0 Å². The van der Waals surface area contributed by atoms with E-state index in [1.165, 1.54) is 24.3 Å². The van der Waals surface area contributed by atoms with Crippen molar-refractivity contribution in [1.29, 1.82) is 0 Å². The number of rotatable bonds is 4. The number of hydrogen-bond acceptors (Lipinski definition) is 3. The number of aromatic nitrogens is 2. The monoisotopic (exact) mass is 359 g/mol. The van der Waals surface area contributed by atoms with Gasteiger partial charge in [0, 0.05) is 11.4 Å². The van der Waals surface area contributed by atoms with Crippen LogP contribution in [0.2, 0.25) is 5.02 Å². The second-order valence-electron chi connectivity index (χ2n) is 5.52. The Bertz CT molecular complexity index is 1000. The molecule has 5 nitrogen and oxygen atoms in total. The molecule has 0 aliphatic rings. The SMILES string of the molecule is CCc1nc2cc(Cl)ccc2c(=O)n1NC(=O)Cc1ccc(F)cc1. The number of benzene rings is 2. The van der Waals surface area contributed by atoms with Crippen molar-refractivity contribution in [2.24, 2.45) is 0 Å². The number of nitrogens with one attached hydrogen (secondary N) is 1. The van der Waals surface area contributed by atoms with Crippen LogP contribution in [-0.2, 0) is 17.6 Å². The molecule has 1 amide bonds. The first kappa shape index (κ1) is 17.1.